The second kappa shape index (κ2) is 6.67. The van der Waals surface area contributed by atoms with Crippen LogP contribution >= 0.6 is 11.6 Å². The summed E-state index contributed by atoms with van der Waals surface area (Å²) < 4.78 is 0. The largest absolute Gasteiger partial charge is 0.396 e. The molecule has 2 aromatic rings. The number of carbonyl (C=O) groups excluding carboxylic acids is 2. The number of aromatic amines is 1. The highest BCUT2D eigenvalue weighted by Gasteiger charge is 2.42. The van der Waals surface area contributed by atoms with Crippen LogP contribution in [0.5, 0.6) is 0 Å². The maximum atomic E-state index is 12.5. The van der Waals surface area contributed by atoms with Gasteiger partial charge in [0.15, 0.2) is 0 Å². The van der Waals surface area contributed by atoms with Crippen LogP contribution in [0.15, 0.2) is 36.5 Å². The quantitative estimate of drug-likeness (QED) is 0.605. The Balaban J connectivity index is 1.73. The minimum Gasteiger partial charge on any atom is -0.396 e. The molecule has 0 bridgehead atoms. The molecule has 0 spiro atoms. The van der Waals surface area contributed by atoms with E-state index in [-0.39, 0.29) is 17.8 Å². The fourth-order valence-corrected chi connectivity index (χ4v) is 2.60. The lowest BCUT2D eigenvalue weighted by Crippen LogP contribution is -2.35. The lowest BCUT2D eigenvalue weighted by Gasteiger charge is -2.15. The number of hydrogen-bond donors (Lipinski definition) is 4. The van der Waals surface area contributed by atoms with Gasteiger partial charge in [-0.3, -0.25) is 4.79 Å². The van der Waals surface area contributed by atoms with Crippen LogP contribution in [0.1, 0.15) is 28.9 Å². The van der Waals surface area contributed by atoms with Gasteiger partial charge >= 0.3 is 6.03 Å². The highest BCUT2D eigenvalue weighted by molar-refractivity contribution is 6.31. The average molecular weight is 348 g/mol. The van der Waals surface area contributed by atoms with Crippen molar-refractivity contribution in [1.82, 2.24) is 10.3 Å². The van der Waals surface area contributed by atoms with E-state index in [0.29, 0.717) is 28.5 Å². The molecule has 7 heteroatoms. The van der Waals surface area contributed by atoms with Gasteiger partial charge in [-0.2, -0.15) is 0 Å². The number of amides is 2. The normalized spacial score (nSPS) is 14.9. The smallest absolute Gasteiger partial charge is 0.319 e. The second-order valence-electron chi connectivity index (χ2n) is 6.07. The molecule has 0 radical (unpaired) electrons. The number of urea groups is 1. The average Bonchev–Trinajstić information content (AvgIpc) is 3.16. The Hall–Kier alpha value is -2.31. The summed E-state index contributed by atoms with van der Waals surface area (Å²) in [5, 5.41) is 15.1. The van der Waals surface area contributed by atoms with Gasteiger partial charge in [-0.25, -0.2) is 4.79 Å². The molecule has 2 amide bonds. The van der Waals surface area contributed by atoms with Crippen molar-refractivity contribution in [2.24, 2.45) is 5.41 Å². The van der Waals surface area contributed by atoms with Crippen molar-refractivity contribution in [3.63, 3.8) is 0 Å². The Morgan fingerprint density at radius 1 is 1.29 bits per heavy atom. The van der Waals surface area contributed by atoms with Gasteiger partial charge in [0.05, 0.1) is 18.0 Å². The van der Waals surface area contributed by atoms with Crippen LogP contribution < -0.4 is 10.6 Å². The van der Waals surface area contributed by atoms with Crippen molar-refractivity contribution in [1.29, 1.82) is 0 Å². The van der Waals surface area contributed by atoms with Crippen LogP contribution in [-0.4, -0.2) is 35.1 Å². The topological polar surface area (TPSA) is 94.2 Å². The number of hydrogen-bond acceptors (Lipinski definition) is 3. The van der Waals surface area contributed by atoms with Gasteiger partial charge in [0.2, 0.25) is 5.78 Å². The fraction of sp³-hybridized carbons (Fsp3) is 0.294. The van der Waals surface area contributed by atoms with Crippen LogP contribution in [0.3, 0.4) is 0 Å². The number of nitrogens with one attached hydrogen (secondary N) is 3. The maximum absolute atomic E-state index is 12.5. The zero-order valence-electron chi connectivity index (χ0n) is 12.9. The highest BCUT2D eigenvalue weighted by atomic mass is 35.5. The van der Waals surface area contributed by atoms with Crippen LogP contribution in [0.4, 0.5) is 10.5 Å². The third kappa shape index (κ3) is 3.60. The van der Waals surface area contributed by atoms with Crippen molar-refractivity contribution in [3.8, 4) is 0 Å². The van der Waals surface area contributed by atoms with Crippen molar-refractivity contribution in [2.45, 2.75) is 12.8 Å². The van der Waals surface area contributed by atoms with Crippen LogP contribution in [0.2, 0.25) is 5.02 Å². The summed E-state index contributed by atoms with van der Waals surface area (Å²) in [5.41, 5.74) is 0.923. The van der Waals surface area contributed by atoms with E-state index in [0.717, 1.165) is 12.8 Å². The van der Waals surface area contributed by atoms with Crippen molar-refractivity contribution >= 4 is 29.1 Å². The minimum atomic E-state index is -0.419. The molecule has 6 nitrogen and oxygen atoms in total. The number of benzene rings is 1. The van der Waals surface area contributed by atoms with Crippen LogP contribution in [0, 0.1) is 5.41 Å². The van der Waals surface area contributed by atoms with Gasteiger partial charge in [0.25, 0.3) is 0 Å². The summed E-state index contributed by atoms with van der Waals surface area (Å²) in [4.78, 5) is 27.5. The lowest BCUT2D eigenvalue weighted by molar-refractivity contribution is 0.103. The van der Waals surface area contributed by atoms with Crippen LogP contribution in [-0.2, 0) is 0 Å². The maximum Gasteiger partial charge on any atom is 0.319 e. The number of aromatic nitrogens is 1. The van der Waals surface area contributed by atoms with Crippen molar-refractivity contribution in [3.05, 3.63) is 52.8 Å². The molecule has 1 aliphatic carbocycles. The first-order valence-corrected chi connectivity index (χ1v) is 8.04. The Kier molecular flexibility index (Phi) is 4.59. The molecule has 126 valence electrons. The molecular formula is C17H18ClN3O3. The van der Waals surface area contributed by atoms with E-state index >= 15 is 0 Å². The highest BCUT2D eigenvalue weighted by Crippen LogP contribution is 2.44. The molecule has 3 rings (SSSR count). The predicted octanol–water partition coefficient (Wildman–Crippen LogP) is 2.79. The van der Waals surface area contributed by atoms with Gasteiger partial charge in [-0.1, -0.05) is 11.6 Å². The van der Waals surface area contributed by atoms with Gasteiger partial charge < -0.3 is 20.7 Å². The Bertz CT molecular complexity index is 754. The first kappa shape index (κ1) is 16.5. The summed E-state index contributed by atoms with van der Waals surface area (Å²) in [6.45, 7) is 0.466. The summed E-state index contributed by atoms with van der Waals surface area (Å²) in [5.74, 6) is -0.258. The van der Waals surface area contributed by atoms with Gasteiger partial charge in [-0.05, 0) is 43.2 Å². The van der Waals surface area contributed by atoms with Gasteiger partial charge in [-0.15, -0.1) is 0 Å². The number of halogens is 1. The number of carbonyl (C=O) groups is 2. The number of anilines is 1. The third-order valence-corrected chi connectivity index (χ3v) is 4.47. The molecule has 1 aromatic heterocycles. The SMILES string of the molecule is O=C(NCC1(CO)CC1)Nc1ccc(Cl)cc1C(=O)c1ccc[nH]1. The zero-order valence-corrected chi connectivity index (χ0v) is 13.7. The van der Waals surface area contributed by atoms with Crippen LogP contribution in [0.25, 0.3) is 0 Å². The molecule has 1 aromatic carbocycles. The van der Waals surface area contributed by atoms with E-state index in [9.17, 15) is 14.7 Å². The molecule has 0 saturated heterocycles. The Morgan fingerprint density at radius 2 is 2.08 bits per heavy atom. The summed E-state index contributed by atoms with van der Waals surface area (Å²) in [6.07, 6.45) is 3.46. The Labute approximate surface area is 144 Å². The second-order valence-corrected chi connectivity index (χ2v) is 6.51. The molecule has 1 saturated carbocycles. The fourth-order valence-electron chi connectivity index (χ4n) is 2.43. The number of ketones is 1. The van der Waals surface area contributed by atoms with Gasteiger partial charge in [0, 0.05) is 28.7 Å². The predicted molar refractivity (Wildman–Crippen MR) is 91.5 cm³/mol. The first-order chi connectivity index (χ1) is 11.5. The molecule has 0 atom stereocenters. The van der Waals surface area contributed by atoms with E-state index in [1.54, 1.807) is 30.5 Å². The first-order valence-electron chi connectivity index (χ1n) is 7.66. The standard InChI is InChI=1S/C17H18ClN3O3/c18-11-3-4-13(12(8-11)15(23)14-2-1-7-19-14)21-16(24)20-9-17(10-22)5-6-17/h1-4,7-8,19,22H,5-6,9-10H2,(H2,20,21,24). The summed E-state index contributed by atoms with van der Waals surface area (Å²) >= 11 is 5.99. The number of aliphatic hydroxyl groups excluding tert-OH is 1. The summed E-state index contributed by atoms with van der Waals surface area (Å²) in [7, 11) is 0. The minimum absolute atomic E-state index is 0.0603. The number of aliphatic hydroxyl groups is 1. The molecular weight excluding hydrogens is 330 g/mol. The van der Waals surface area contributed by atoms with E-state index in [1.165, 1.54) is 6.07 Å². The molecule has 1 aliphatic rings. The molecule has 1 fully saturated rings. The number of H-pyrrole nitrogens is 1. The molecule has 0 aliphatic heterocycles. The molecule has 0 unspecified atom stereocenters. The van der Waals surface area contributed by atoms with E-state index in [1.807, 2.05) is 0 Å². The number of rotatable bonds is 6. The lowest BCUT2D eigenvalue weighted by atomic mass is 10.1. The zero-order chi connectivity index (χ0) is 17.2. The van der Waals surface area contributed by atoms with E-state index in [4.69, 9.17) is 11.6 Å². The molecule has 24 heavy (non-hydrogen) atoms. The van der Waals surface area contributed by atoms with E-state index in [2.05, 4.69) is 15.6 Å². The molecule has 1 heterocycles. The van der Waals surface area contributed by atoms with Gasteiger partial charge in [0.1, 0.15) is 0 Å². The van der Waals surface area contributed by atoms with E-state index < -0.39 is 6.03 Å². The summed E-state index contributed by atoms with van der Waals surface area (Å²) in [6, 6.07) is 7.69. The monoisotopic (exact) mass is 347 g/mol. The molecule has 4 N–H and O–H groups in total. The third-order valence-electron chi connectivity index (χ3n) is 4.23. The van der Waals surface area contributed by atoms with Crippen molar-refractivity contribution < 1.29 is 14.7 Å². The van der Waals surface area contributed by atoms with Crippen molar-refractivity contribution in [2.75, 3.05) is 18.5 Å². The Morgan fingerprint density at radius 3 is 2.71 bits per heavy atom.